The van der Waals surface area contributed by atoms with Crippen LogP contribution in [0.2, 0.25) is 5.02 Å². The van der Waals surface area contributed by atoms with Gasteiger partial charge in [0.2, 0.25) is 0 Å². The molecular weight excluding hydrogens is 232 g/mol. The summed E-state index contributed by atoms with van der Waals surface area (Å²) in [6, 6.07) is 4.39. The molecule has 0 radical (unpaired) electrons. The molecule has 6 heteroatoms. The summed E-state index contributed by atoms with van der Waals surface area (Å²) < 4.78 is 0. The zero-order valence-electron chi connectivity index (χ0n) is 8.89. The van der Waals surface area contributed by atoms with Crippen LogP contribution < -0.4 is 0 Å². The molecule has 0 aliphatic carbocycles. The molecular formula is C10H13ClN2O3. The largest absolute Gasteiger partial charge is 0.395 e. The Morgan fingerprint density at radius 3 is 2.75 bits per heavy atom. The van der Waals surface area contributed by atoms with E-state index in [2.05, 4.69) is 0 Å². The van der Waals surface area contributed by atoms with Gasteiger partial charge in [0, 0.05) is 25.2 Å². The van der Waals surface area contributed by atoms with E-state index in [1.807, 2.05) is 11.9 Å². The van der Waals surface area contributed by atoms with Gasteiger partial charge in [0.25, 0.3) is 5.69 Å². The zero-order valence-corrected chi connectivity index (χ0v) is 9.65. The van der Waals surface area contributed by atoms with Gasteiger partial charge in [-0.2, -0.15) is 0 Å². The number of hydrogen-bond donors (Lipinski definition) is 1. The van der Waals surface area contributed by atoms with Gasteiger partial charge in [-0.25, -0.2) is 0 Å². The van der Waals surface area contributed by atoms with E-state index in [4.69, 9.17) is 16.7 Å². The van der Waals surface area contributed by atoms with Crippen LogP contribution in [0.4, 0.5) is 5.69 Å². The van der Waals surface area contributed by atoms with Crippen molar-refractivity contribution in [3.8, 4) is 0 Å². The van der Waals surface area contributed by atoms with Crippen LogP contribution in [0.25, 0.3) is 0 Å². The van der Waals surface area contributed by atoms with Crippen molar-refractivity contribution in [2.24, 2.45) is 0 Å². The van der Waals surface area contributed by atoms with Crippen molar-refractivity contribution in [1.29, 1.82) is 0 Å². The van der Waals surface area contributed by atoms with Crippen molar-refractivity contribution >= 4 is 17.3 Å². The van der Waals surface area contributed by atoms with Gasteiger partial charge in [-0.3, -0.25) is 15.0 Å². The molecule has 0 bridgehead atoms. The first kappa shape index (κ1) is 12.9. The lowest BCUT2D eigenvalue weighted by atomic mass is 10.2. The van der Waals surface area contributed by atoms with Gasteiger partial charge < -0.3 is 5.11 Å². The molecule has 0 saturated heterocycles. The van der Waals surface area contributed by atoms with Crippen LogP contribution in [0.5, 0.6) is 0 Å². The van der Waals surface area contributed by atoms with Gasteiger partial charge in [0.1, 0.15) is 0 Å². The average molecular weight is 245 g/mol. The molecule has 0 heterocycles. The summed E-state index contributed by atoms with van der Waals surface area (Å²) in [5.74, 6) is 0. The van der Waals surface area contributed by atoms with E-state index in [0.717, 1.165) is 5.56 Å². The van der Waals surface area contributed by atoms with Crippen LogP contribution in [0.1, 0.15) is 5.56 Å². The lowest BCUT2D eigenvalue weighted by molar-refractivity contribution is -0.384. The number of nitro groups is 1. The molecule has 0 unspecified atom stereocenters. The van der Waals surface area contributed by atoms with Crippen LogP contribution in [0.3, 0.4) is 0 Å². The monoisotopic (exact) mass is 244 g/mol. The standard InChI is InChI=1S/C10H13ClN2O3/c1-12(4-5-14)7-8-2-3-9(13(15)16)6-10(8)11/h2-3,6,14H,4-5,7H2,1H3. The number of rotatable bonds is 5. The molecule has 0 amide bonds. The zero-order chi connectivity index (χ0) is 12.1. The van der Waals surface area contributed by atoms with Crippen molar-refractivity contribution in [2.45, 2.75) is 6.54 Å². The van der Waals surface area contributed by atoms with Crippen LogP contribution >= 0.6 is 11.6 Å². The number of aliphatic hydroxyl groups is 1. The molecule has 0 atom stereocenters. The Balaban J connectivity index is 2.79. The normalized spacial score (nSPS) is 10.8. The second-order valence-electron chi connectivity index (χ2n) is 3.49. The van der Waals surface area contributed by atoms with E-state index in [-0.39, 0.29) is 12.3 Å². The molecule has 0 saturated carbocycles. The molecule has 16 heavy (non-hydrogen) atoms. The SMILES string of the molecule is CN(CCO)Cc1ccc([N+](=O)[O-])cc1Cl. The van der Waals surface area contributed by atoms with Gasteiger partial charge in [0.15, 0.2) is 0 Å². The summed E-state index contributed by atoms with van der Waals surface area (Å²) in [6.45, 7) is 1.16. The fraction of sp³-hybridized carbons (Fsp3) is 0.400. The predicted octanol–water partition coefficient (Wildman–Crippen LogP) is 1.67. The number of nitro benzene ring substituents is 1. The highest BCUT2D eigenvalue weighted by atomic mass is 35.5. The highest BCUT2D eigenvalue weighted by Gasteiger charge is 2.10. The van der Waals surface area contributed by atoms with E-state index >= 15 is 0 Å². The molecule has 0 aliphatic rings. The third-order valence-corrected chi connectivity index (χ3v) is 2.52. The summed E-state index contributed by atoms with van der Waals surface area (Å²) >= 11 is 5.92. The smallest absolute Gasteiger partial charge is 0.270 e. The van der Waals surface area contributed by atoms with E-state index in [1.165, 1.54) is 12.1 Å². The average Bonchev–Trinajstić information content (AvgIpc) is 2.21. The molecule has 0 spiro atoms. The minimum Gasteiger partial charge on any atom is -0.395 e. The number of hydrogen-bond acceptors (Lipinski definition) is 4. The highest BCUT2D eigenvalue weighted by molar-refractivity contribution is 6.31. The summed E-state index contributed by atoms with van der Waals surface area (Å²) in [5, 5.41) is 19.6. The fourth-order valence-electron chi connectivity index (χ4n) is 1.32. The summed E-state index contributed by atoms with van der Waals surface area (Å²) in [6.07, 6.45) is 0. The fourth-order valence-corrected chi connectivity index (χ4v) is 1.55. The van der Waals surface area contributed by atoms with Crippen molar-refractivity contribution < 1.29 is 10.0 Å². The topological polar surface area (TPSA) is 66.6 Å². The van der Waals surface area contributed by atoms with Gasteiger partial charge in [0.05, 0.1) is 16.6 Å². The summed E-state index contributed by atoms with van der Waals surface area (Å²) in [5.41, 5.74) is 0.793. The second-order valence-corrected chi connectivity index (χ2v) is 3.90. The highest BCUT2D eigenvalue weighted by Crippen LogP contribution is 2.23. The van der Waals surface area contributed by atoms with Crippen molar-refractivity contribution in [2.75, 3.05) is 20.2 Å². The Morgan fingerprint density at radius 1 is 1.56 bits per heavy atom. The molecule has 0 fully saturated rings. The van der Waals surface area contributed by atoms with Crippen LogP contribution in [-0.4, -0.2) is 35.1 Å². The Labute approximate surface area is 98.4 Å². The van der Waals surface area contributed by atoms with Crippen LogP contribution in [-0.2, 0) is 6.54 Å². The molecule has 0 aromatic heterocycles. The van der Waals surface area contributed by atoms with Crippen LogP contribution in [0.15, 0.2) is 18.2 Å². The first-order chi connectivity index (χ1) is 7.54. The van der Waals surface area contributed by atoms with Gasteiger partial charge in [-0.05, 0) is 18.7 Å². The van der Waals surface area contributed by atoms with Crippen molar-refractivity contribution in [3.05, 3.63) is 38.9 Å². The molecule has 1 aromatic rings. The maximum atomic E-state index is 10.5. The Hall–Kier alpha value is -1.17. The quantitative estimate of drug-likeness (QED) is 0.632. The molecule has 88 valence electrons. The summed E-state index contributed by atoms with van der Waals surface area (Å²) in [7, 11) is 1.84. The summed E-state index contributed by atoms with van der Waals surface area (Å²) in [4.78, 5) is 11.9. The molecule has 1 N–H and O–H groups in total. The van der Waals surface area contributed by atoms with E-state index < -0.39 is 4.92 Å². The minimum atomic E-state index is -0.479. The number of halogens is 1. The molecule has 1 aromatic carbocycles. The van der Waals surface area contributed by atoms with Gasteiger partial charge >= 0.3 is 0 Å². The van der Waals surface area contributed by atoms with E-state index in [1.54, 1.807) is 6.07 Å². The molecule has 1 rings (SSSR count). The number of nitrogens with zero attached hydrogens (tertiary/aromatic N) is 2. The number of likely N-dealkylation sites (N-methyl/N-ethyl adjacent to an activating group) is 1. The molecule has 0 aliphatic heterocycles. The predicted molar refractivity (Wildman–Crippen MR) is 61.5 cm³/mol. The number of benzene rings is 1. The maximum absolute atomic E-state index is 10.5. The lowest BCUT2D eigenvalue weighted by Crippen LogP contribution is -2.21. The second kappa shape index (κ2) is 5.79. The molecule has 5 nitrogen and oxygen atoms in total. The van der Waals surface area contributed by atoms with E-state index in [9.17, 15) is 10.1 Å². The Morgan fingerprint density at radius 2 is 2.25 bits per heavy atom. The first-order valence-electron chi connectivity index (χ1n) is 4.77. The third kappa shape index (κ3) is 3.44. The Kier molecular flexibility index (Phi) is 4.67. The number of non-ortho nitro benzene ring substituents is 1. The Bertz CT molecular complexity index is 384. The minimum absolute atomic E-state index is 0.0152. The van der Waals surface area contributed by atoms with Crippen molar-refractivity contribution in [1.82, 2.24) is 4.90 Å². The maximum Gasteiger partial charge on any atom is 0.270 e. The van der Waals surface area contributed by atoms with Gasteiger partial charge in [-0.15, -0.1) is 0 Å². The lowest BCUT2D eigenvalue weighted by Gasteiger charge is -2.15. The number of aliphatic hydroxyl groups excluding tert-OH is 1. The first-order valence-corrected chi connectivity index (χ1v) is 5.14. The van der Waals surface area contributed by atoms with Gasteiger partial charge in [-0.1, -0.05) is 11.6 Å². The third-order valence-electron chi connectivity index (χ3n) is 2.17. The van der Waals surface area contributed by atoms with Crippen LogP contribution in [0, 0.1) is 10.1 Å². The van der Waals surface area contributed by atoms with E-state index in [0.29, 0.717) is 18.1 Å². The van der Waals surface area contributed by atoms with Crippen molar-refractivity contribution in [3.63, 3.8) is 0 Å².